The van der Waals surface area contributed by atoms with Gasteiger partial charge in [0.05, 0.1) is 3.79 Å². The number of hydrogen-bond donors (Lipinski definition) is 1. The van der Waals surface area contributed by atoms with Crippen molar-refractivity contribution in [3.05, 3.63) is 20.8 Å². The number of hydrogen-bond acceptors (Lipinski definition) is 3. The Hall–Kier alpha value is 0.1000. The van der Waals surface area contributed by atoms with Gasteiger partial charge in [0, 0.05) is 16.5 Å². The second-order valence-corrected chi connectivity index (χ2v) is 8.98. The average molecular weight is 373 g/mol. The smallest absolute Gasteiger partial charge is 0.0701 e. The molecule has 21 heavy (non-hydrogen) atoms. The molecule has 0 aliphatic heterocycles. The van der Waals surface area contributed by atoms with Crippen molar-refractivity contribution in [3.8, 4) is 0 Å². The fourth-order valence-electron chi connectivity index (χ4n) is 3.81. The van der Waals surface area contributed by atoms with E-state index >= 15 is 0 Å². The summed E-state index contributed by atoms with van der Waals surface area (Å²) in [4.78, 5) is 3.99. The van der Waals surface area contributed by atoms with Crippen molar-refractivity contribution < 1.29 is 0 Å². The Bertz CT molecular complexity index is 422. The Morgan fingerprint density at radius 3 is 2.38 bits per heavy atom. The summed E-state index contributed by atoms with van der Waals surface area (Å²) in [6.45, 7) is 3.28. The van der Waals surface area contributed by atoms with E-state index in [9.17, 15) is 0 Å². The summed E-state index contributed by atoms with van der Waals surface area (Å²) in [5, 5.41) is 3.81. The van der Waals surface area contributed by atoms with E-state index in [2.05, 4.69) is 59.3 Å². The Morgan fingerprint density at radius 2 is 1.90 bits per heavy atom. The van der Waals surface area contributed by atoms with Gasteiger partial charge in [-0.2, -0.15) is 0 Å². The highest BCUT2D eigenvalue weighted by atomic mass is 79.9. The third-order valence-electron chi connectivity index (χ3n) is 4.99. The molecular formula is C17H29BrN2S. The van der Waals surface area contributed by atoms with Crippen LogP contribution in [0.1, 0.15) is 50.3 Å². The molecule has 1 aliphatic rings. The zero-order valence-corrected chi connectivity index (χ0v) is 16.0. The molecule has 0 aromatic carbocycles. The normalized spacial score (nSPS) is 20.4. The maximum Gasteiger partial charge on any atom is 0.0701 e. The van der Waals surface area contributed by atoms with Crippen LogP contribution in [-0.4, -0.2) is 37.1 Å². The van der Waals surface area contributed by atoms with E-state index in [-0.39, 0.29) is 0 Å². The Balaban J connectivity index is 2.22. The highest BCUT2D eigenvalue weighted by Gasteiger charge is 2.40. The summed E-state index contributed by atoms with van der Waals surface area (Å²) in [7, 11) is 4.56. The van der Waals surface area contributed by atoms with Crippen molar-refractivity contribution >= 4 is 27.3 Å². The van der Waals surface area contributed by atoms with Crippen LogP contribution in [0.25, 0.3) is 0 Å². The van der Waals surface area contributed by atoms with Gasteiger partial charge >= 0.3 is 0 Å². The number of nitrogens with one attached hydrogen (secondary N) is 1. The summed E-state index contributed by atoms with van der Waals surface area (Å²) in [5.41, 5.74) is 0.309. The molecule has 1 atom stereocenters. The molecule has 1 aliphatic carbocycles. The second-order valence-electron chi connectivity index (χ2n) is 6.43. The van der Waals surface area contributed by atoms with Crippen molar-refractivity contribution in [1.82, 2.24) is 10.2 Å². The van der Waals surface area contributed by atoms with Crippen LogP contribution in [0.5, 0.6) is 0 Å². The molecule has 1 fully saturated rings. The van der Waals surface area contributed by atoms with Gasteiger partial charge in [0.25, 0.3) is 0 Å². The molecule has 2 rings (SSSR count). The van der Waals surface area contributed by atoms with E-state index in [0.29, 0.717) is 11.6 Å². The van der Waals surface area contributed by atoms with Gasteiger partial charge in [-0.25, -0.2) is 0 Å². The maximum absolute atomic E-state index is 3.81. The Labute approximate surface area is 142 Å². The minimum absolute atomic E-state index is 0.309. The lowest BCUT2D eigenvalue weighted by molar-refractivity contribution is 0.0812. The molecule has 120 valence electrons. The zero-order valence-electron chi connectivity index (χ0n) is 13.6. The number of nitrogens with zero attached hydrogens (tertiary/aromatic N) is 1. The van der Waals surface area contributed by atoms with Crippen LogP contribution in [0.4, 0.5) is 0 Å². The first-order valence-corrected chi connectivity index (χ1v) is 9.84. The van der Waals surface area contributed by atoms with Gasteiger partial charge in [0.15, 0.2) is 0 Å². The van der Waals surface area contributed by atoms with Crippen LogP contribution >= 0.6 is 27.3 Å². The molecule has 1 unspecified atom stereocenters. The van der Waals surface area contributed by atoms with Crippen molar-refractivity contribution in [3.63, 3.8) is 0 Å². The molecule has 1 saturated carbocycles. The molecule has 0 bridgehead atoms. The zero-order chi connectivity index (χ0) is 15.3. The standard InChI is InChI=1S/C17H29BrN2S/c1-4-19-15(13-14-9-10-16(18)21-14)17(20(2)3)11-7-5-6-8-12-17/h9-10,15,19H,4-8,11-13H2,1-3H3. The minimum Gasteiger partial charge on any atom is -0.312 e. The van der Waals surface area contributed by atoms with Crippen LogP contribution in [0.2, 0.25) is 0 Å². The molecule has 0 saturated heterocycles. The van der Waals surface area contributed by atoms with Crippen LogP contribution in [0.15, 0.2) is 15.9 Å². The summed E-state index contributed by atoms with van der Waals surface area (Å²) < 4.78 is 1.24. The Morgan fingerprint density at radius 1 is 1.24 bits per heavy atom. The fourth-order valence-corrected chi connectivity index (χ4v) is 5.34. The monoisotopic (exact) mass is 372 g/mol. The van der Waals surface area contributed by atoms with Gasteiger partial charge in [-0.1, -0.05) is 32.6 Å². The van der Waals surface area contributed by atoms with Crippen LogP contribution in [0.3, 0.4) is 0 Å². The number of rotatable bonds is 6. The van der Waals surface area contributed by atoms with E-state index in [1.165, 1.54) is 47.2 Å². The molecule has 1 aromatic heterocycles. The molecule has 0 radical (unpaired) electrons. The predicted molar refractivity (Wildman–Crippen MR) is 97.3 cm³/mol. The van der Waals surface area contributed by atoms with Crippen molar-refractivity contribution in [1.29, 1.82) is 0 Å². The molecule has 0 spiro atoms. The fraction of sp³-hybridized carbons (Fsp3) is 0.765. The summed E-state index contributed by atoms with van der Waals surface area (Å²) in [6.07, 6.45) is 9.33. The van der Waals surface area contributed by atoms with E-state index in [0.717, 1.165) is 13.0 Å². The van der Waals surface area contributed by atoms with Crippen molar-refractivity contribution in [2.75, 3.05) is 20.6 Å². The number of thiophene rings is 1. The van der Waals surface area contributed by atoms with E-state index in [1.807, 2.05) is 11.3 Å². The quantitative estimate of drug-likeness (QED) is 0.728. The van der Waals surface area contributed by atoms with Gasteiger partial charge in [0.1, 0.15) is 0 Å². The second kappa shape index (κ2) is 8.09. The maximum atomic E-state index is 3.81. The van der Waals surface area contributed by atoms with Crippen molar-refractivity contribution in [2.45, 2.75) is 63.5 Å². The number of halogens is 1. The summed E-state index contributed by atoms with van der Waals surface area (Å²) in [6, 6.07) is 5.00. The third kappa shape index (κ3) is 4.31. The number of likely N-dealkylation sites (N-methyl/N-ethyl adjacent to an activating group) is 2. The van der Waals surface area contributed by atoms with Gasteiger partial charge in [-0.05, 0) is 68.0 Å². The Kier molecular flexibility index (Phi) is 6.73. The lowest BCUT2D eigenvalue weighted by atomic mass is 9.79. The average Bonchev–Trinajstić information content (AvgIpc) is 2.72. The van der Waals surface area contributed by atoms with E-state index in [1.54, 1.807) is 0 Å². The molecule has 2 nitrogen and oxygen atoms in total. The molecule has 1 N–H and O–H groups in total. The van der Waals surface area contributed by atoms with Crippen LogP contribution in [0, 0.1) is 0 Å². The van der Waals surface area contributed by atoms with Gasteiger partial charge in [-0.15, -0.1) is 11.3 Å². The highest BCUT2D eigenvalue weighted by Crippen LogP contribution is 2.36. The minimum atomic E-state index is 0.309. The van der Waals surface area contributed by atoms with Gasteiger partial charge < -0.3 is 10.2 Å². The molecule has 0 amide bonds. The predicted octanol–water partition coefficient (Wildman–Crippen LogP) is 4.69. The van der Waals surface area contributed by atoms with Crippen molar-refractivity contribution in [2.24, 2.45) is 0 Å². The van der Waals surface area contributed by atoms with Gasteiger partial charge in [-0.3, -0.25) is 0 Å². The molecule has 1 heterocycles. The lowest BCUT2D eigenvalue weighted by Crippen LogP contribution is -2.59. The van der Waals surface area contributed by atoms with E-state index in [4.69, 9.17) is 0 Å². The van der Waals surface area contributed by atoms with Crippen LogP contribution < -0.4 is 5.32 Å². The SMILES string of the molecule is CCNC(Cc1ccc(Br)s1)C1(N(C)C)CCCCCC1. The lowest BCUT2D eigenvalue weighted by Gasteiger charge is -2.46. The molecular weight excluding hydrogens is 344 g/mol. The topological polar surface area (TPSA) is 15.3 Å². The first kappa shape index (κ1) is 17.5. The first-order valence-electron chi connectivity index (χ1n) is 8.23. The summed E-state index contributed by atoms with van der Waals surface area (Å²) >= 11 is 5.48. The first-order chi connectivity index (χ1) is 10.1. The molecule has 1 aromatic rings. The summed E-state index contributed by atoms with van der Waals surface area (Å²) in [5.74, 6) is 0. The highest BCUT2D eigenvalue weighted by molar-refractivity contribution is 9.11. The molecule has 4 heteroatoms. The van der Waals surface area contributed by atoms with E-state index < -0.39 is 0 Å². The third-order valence-corrected chi connectivity index (χ3v) is 6.64. The van der Waals surface area contributed by atoms with Crippen LogP contribution in [-0.2, 0) is 6.42 Å². The van der Waals surface area contributed by atoms with Gasteiger partial charge in [0.2, 0.25) is 0 Å². The largest absolute Gasteiger partial charge is 0.312 e.